The molecule has 6 heteroatoms. The van der Waals surface area contributed by atoms with Crippen LogP contribution in [0.5, 0.6) is 0 Å². The van der Waals surface area contributed by atoms with E-state index in [9.17, 15) is 9.59 Å². The fourth-order valence-electron chi connectivity index (χ4n) is 1.19. The quantitative estimate of drug-likeness (QED) is 0.430. The Hall–Kier alpha value is -1.72. The summed E-state index contributed by atoms with van der Waals surface area (Å²) in [5.41, 5.74) is 6.25. The van der Waals surface area contributed by atoms with Crippen LogP contribution in [0.25, 0.3) is 0 Å². The molecule has 0 aliphatic heterocycles. The smallest absolute Gasteiger partial charge is 0.239 e. The maximum Gasteiger partial charge on any atom is 0.239 e. The number of carbonyl (C=O) groups excluding carboxylic acids is 2. The second-order valence-corrected chi connectivity index (χ2v) is 3.98. The minimum absolute atomic E-state index is 0.00565. The topological polar surface area (TPSA) is 96.2 Å². The zero-order chi connectivity index (χ0) is 13.8. The van der Waals surface area contributed by atoms with Crippen LogP contribution in [0.15, 0.2) is 11.9 Å². The molecule has 0 atom stereocenters. The molecule has 0 fully saturated rings. The molecule has 0 aliphatic rings. The fourth-order valence-corrected chi connectivity index (χ4v) is 1.19. The van der Waals surface area contributed by atoms with Crippen molar-refractivity contribution in [3.05, 3.63) is 11.9 Å². The van der Waals surface area contributed by atoms with Crippen LogP contribution in [0.2, 0.25) is 0 Å². The molecule has 2 amide bonds. The minimum atomic E-state index is -0.114. The molecule has 104 valence electrons. The van der Waals surface area contributed by atoms with Crippen LogP contribution in [-0.2, 0) is 9.59 Å². The summed E-state index contributed by atoms with van der Waals surface area (Å²) in [6.07, 6.45) is 4.47. The van der Waals surface area contributed by atoms with Gasteiger partial charge in [0.15, 0.2) is 0 Å². The molecule has 0 unspecified atom stereocenters. The van der Waals surface area contributed by atoms with E-state index >= 15 is 0 Å². The molecule has 18 heavy (non-hydrogen) atoms. The largest absolute Gasteiger partial charge is 0.401 e. The molecule has 5 N–H and O–H groups in total. The van der Waals surface area contributed by atoms with Crippen LogP contribution >= 0.6 is 0 Å². The highest BCUT2D eigenvalue weighted by atomic mass is 16.2. The van der Waals surface area contributed by atoms with Gasteiger partial charge in [0.1, 0.15) is 0 Å². The molecule has 0 spiro atoms. The number of amides is 2. The van der Waals surface area contributed by atoms with Crippen LogP contribution in [-0.4, -0.2) is 32.0 Å². The third-order valence-electron chi connectivity index (χ3n) is 2.32. The maximum atomic E-state index is 11.4. The Morgan fingerprint density at radius 1 is 1.22 bits per heavy atom. The Balaban J connectivity index is 3.67. The van der Waals surface area contributed by atoms with Crippen LogP contribution in [0.1, 0.15) is 32.6 Å². The van der Waals surface area contributed by atoms with E-state index in [1.54, 1.807) is 13.2 Å². The van der Waals surface area contributed by atoms with Crippen molar-refractivity contribution in [1.29, 1.82) is 0 Å². The zero-order valence-corrected chi connectivity index (χ0v) is 11.2. The second-order valence-electron chi connectivity index (χ2n) is 3.98. The van der Waals surface area contributed by atoms with Gasteiger partial charge < -0.3 is 21.7 Å². The minimum Gasteiger partial charge on any atom is -0.401 e. The molecule has 0 aromatic heterocycles. The first-order valence-electron chi connectivity index (χ1n) is 6.25. The van der Waals surface area contributed by atoms with Gasteiger partial charge in [0.2, 0.25) is 11.8 Å². The van der Waals surface area contributed by atoms with E-state index < -0.39 is 0 Å². The number of unbranched alkanes of at least 4 members (excludes halogenated alkanes) is 1. The molecular weight excluding hydrogens is 232 g/mol. The van der Waals surface area contributed by atoms with E-state index in [1.165, 1.54) is 0 Å². The van der Waals surface area contributed by atoms with Gasteiger partial charge in [-0.25, -0.2) is 0 Å². The lowest BCUT2D eigenvalue weighted by Gasteiger charge is -2.05. The summed E-state index contributed by atoms with van der Waals surface area (Å²) in [7, 11) is 1.57. The predicted molar refractivity (Wildman–Crippen MR) is 71.5 cm³/mol. The Labute approximate surface area is 108 Å². The first-order valence-corrected chi connectivity index (χ1v) is 6.25. The monoisotopic (exact) mass is 256 g/mol. The highest BCUT2D eigenvalue weighted by molar-refractivity contribution is 5.77. The Bertz CT molecular complexity index is 290. The lowest BCUT2D eigenvalue weighted by atomic mass is 10.2. The molecule has 0 radical (unpaired) electrons. The number of hydrogen-bond donors (Lipinski definition) is 4. The summed E-state index contributed by atoms with van der Waals surface area (Å²) in [6, 6.07) is 0. The van der Waals surface area contributed by atoms with Crippen molar-refractivity contribution in [2.24, 2.45) is 5.73 Å². The highest BCUT2D eigenvalue weighted by Crippen LogP contribution is 1.97. The molecule has 0 rings (SSSR count). The number of nitrogens with two attached hydrogens (primary N) is 1. The molecular formula is C12H24N4O2. The summed E-state index contributed by atoms with van der Waals surface area (Å²) in [6.45, 7) is 2.97. The molecule has 0 aromatic rings. The van der Waals surface area contributed by atoms with Gasteiger partial charge in [0.25, 0.3) is 0 Å². The van der Waals surface area contributed by atoms with Crippen LogP contribution < -0.4 is 21.7 Å². The Morgan fingerprint density at radius 2 is 1.94 bits per heavy atom. The van der Waals surface area contributed by atoms with E-state index in [0.29, 0.717) is 25.1 Å². The summed E-state index contributed by atoms with van der Waals surface area (Å²) in [4.78, 5) is 22.3. The summed E-state index contributed by atoms with van der Waals surface area (Å²) >= 11 is 0. The van der Waals surface area contributed by atoms with Crippen molar-refractivity contribution in [1.82, 2.24) is 16.0 Å². The summed E-state index contributed by atoms with van der Waals surface area (Å²) in [5.74, 6) is -0.109. The van der Waals surface area contributed by atoms with Gasteiger partial charge in [-0.3, -0.25) is 9.59 Å². The third-order valence-corrected chi connectivity index (χ3v) is 2.32. The van der Waals surface area contributed by atoms with Crippen LogP contribution in [0, 0.1) is 0 Å². The molecule has 6 nitrogen and oxygen atoms in total. The molecule has 0 aromatic carbocycles. The number of likely N-dealkylation sites (N-methyl/N-ethyl adjacent to an activating group) is 1. The lowest BCUT2D eigenvalue weighted by Crippen LogP contribution is -2.29. The first-order chi connectivity index (χ1) is 8.60. The average molecular weight is 256 g/mol. The van der Waals surface area contributed by atoms with Gasteiger partial charge in [0, 0.05) is 31.9 Å². The van der Waals surface area contributed by atoms with E-state index in [2.05, 4.69) is 22.9 Å². The van der Waals surface area contributed by atoms with Crippen molar-refractivity contribution < 1.29 is 9.59 Å². The second kappa shape index (κ2) is 10.4. The fraction of sp³-hybridized carbons (Fsp3) is 0.667. The van der Waals surface area contributed by atoms with Gasteiger partial charge >= 0.3 is 0 Å². The number of nitrogens with one attached hydrogen (secondary N) is 3. The van der Waals surface area contributed by atoms with Crippen molar-refractivity contribution in [3.8, 4) is 0 Å². The number of carbonyl (C=O) groups is 2. The number of hydrogen-bond acceptors (Lipinski definition) is 4. The van der Waals surface area contributed by atoms with Gasteiger partial charge in [0.05, 0.1) is 6.54 Å². The SMILES string of the molecule is CCCCNC(=O)CC/C(N)=C/NCC(=O)NC. The van der Waals surface area contributed by atoms with Crippen molar-refractivity contribution in [2.75, 3.05) is 20.1 Å². The third kappa shape index (κ3) is 9.50. The van der Waals surface area contributed by atoms with Crippen LogP contribution in [0.4, 0.5) is 0 Å². The number of rotatable bonds is 9. The van der Waals surface area contributed by atoms with Crippen LogP contribution in [0.3, 0.4) is 0 Å². The molecule has 0 saturated heterocycles. The Morgan fingerprint density at radius 3 is 2.56 bits per heavy atom. The molecule has 0 saturated carbocycles. The predicted octanol–water partition coefficient (Wildman–Crippen LogP) is -0.181. The first kappa shape index (κ1) is 16.3. The lowest BCUT2D eigenvalue weighted by molar-refractivity contribution is -0.121. The maximum absolute atomic E-state index is 11.4. The molecule has 0 heterocycles. The standard InChI is InChI=1S/C12H24N4O2/c1-3-4-7-16-11(17)6-5-10(13)8-15-9-12(18)14-2/h8,15H,3-7,9,13H2,1-2H3,(H,14,18)(H,16,17)/b10-8-. The zero-order valence-electron chi connectivity index (χ0n) is 11.2. The van der Waals surface area contributed by atoms with Gasteiger partial charge in [-0.2, -0.15) is 0 Å². The van der Waals surface area contributed by atoms with Crippen molar-refractivity contribution in [3.63, 3.8) is 0 Å². The summed E-state index contributed by atoms with van der Waals surface area (Å²) in [5, 5.41) is 8.08. The normalized spacial score (nSPS) is 10.9. The molecule has 0 aliphatic carbocycles. The average Bonchev–Trinajstić information content (AvgIpc) is 2.36. The van der Waals surface area contributed by atoms with E-state index in [-0.39, 0.29) is 18.4 Å². The van der Waals surface area contributed by atoms with E-state index in [0.717, 1.165) is 12.8 Å². The van der Waals surface area contributed by atoms with Gasteiger partial charge in [-0.05, 0) is 12.8 Å². The summed E-state index contributed by atoms with van der Waals surface area (Å²) < 4.78 is 0. The van der Waals surface area contributed by atoms with Crippen molar-refractivity contribution >= 4 is 11.8 Å². The molecule has 0 bridgehead atoms. The Kier molecular flexibility index (Phi) is 9.44. The van der Waals surface area contributed by atoms with E-state index in [4.69, 9.17) is 5.73 Å². The van der Waals surface area contributed by atoms with Gasteiger partial charge in [-0.15, -0.1) is 0 Å². The van der Waals surface area contributed by atoms with Gasteiger partial charge in [-0.1, -0.05) is 13.3 Å². The number of allylic oxidation sites excluding steroid dienone is 1. The van der Waals surface area contributed by atoms with Crippen molar-refractivity contribution in [2.45, 2.75) is 32.6 Å². The van der Waals surface area contributed by atoms with E-state index in [1.807, 2.05) is 0 Å². The highest BCUT2D eigenvalue weighted by Gasteiger charge is 2.01.